The van der Waals surface area contributed by atoms with Gasteiger partial charge in [0.25, 0.3) is 0 Å². The quantitative estimate of drug-likeness (QED) is 0.383. The first-order valence-electron chi connectivity index (χ1n) is 8.39. The highest BCUT2D eigenvalue weighted by atomic mass is 32.2. The van der Waals surface area contributed by atoms with E-state index in [0.29, 0.717) is 12.8 Å². The number of rotatable bonds is 11. The molecular weight excluding hydrogens is 320 g/mol. The molecule has 1 saturated heterocycles. The number of aliphatic hydroxyl groups is 3. The van der Waals surface area contributed by atoms with Crippen molar-refractivity contribution in [3.8, 4) is 0 Å². The van der Waals surface area contributed by atoms with Crippen molar-refractivity contribution in [2.24, 2.45) is 0 Å². The Morgan fingerprint density at radius 2 is 1.83 bits per heavy atom. The molecule has 0 radical (unpaired) electrons. The largest absolute Gasteiger partial charge is 0.469 e. The highest BCUT2D eigenvalue weighted by Gasteiger charge is 2.36. The average molecular weight is 350 g/mol. The van der Waals surface area contributed by atoms with Crippen LogP contribution in [0.15, 0.2) is 0 Å². The van der Waals surface area contributed by atoms with E-state index in [1.54, 1.807) is 11.8 Å². The summed E-state index contributed by atoms with van der Waals surface area (Å²) in [6.45, 7) is -0.277. The van der Waals surface area contributed by atoms with Crippen LogP contribution in [-0.4, -0.2) is 64.5 Å². The lowest BCUT2D eigenvalue weighted by atomic mass is 10.0. The van der Waals surface area contributed by atoms with Gasteiger partial charge in [-0.1, -0.05) is 25.7 Å². The Labute approximate surface area is 142 Å². The highest BCUT2D eigenvalue weighted by Crippen LogP contribution is 2.28. The fraction of sp³-hybridized carbons (Fsp3) is 0.938. The number of unbranched alkanes of at least 4 members (excludes halogenated alkanes) is 5. The standard InChI is InChI=1S/C16H30O6S/c1-21-14(19)8-6-4-2-3-5-7-9-23-15-10-12(18)16(20)13(11-17)22-15/h12-13,15-18,20H,2-11H2,1H3/t12-,13-,15+,16+/m1/s1. The number of carbonyl (C=O) groups excluding carboxylic acids is 1. The minimum absolute atomic E-state index is 0.137. The topological polar surface area (TPSA) is 96.2 Å². The van der Waals surface area contributed by atoms with Crippen molar-refractivity contribution in [2.45, 2.75) is 75.1 Å². The van der Waals surface area contributed by atoms with Crippen LogP contribution in [0.5, 0.6) is 0 Å². The summed E-state index contributed by atoms with van der Waals surface area (Å²) in [5.41, 5.74) is -0.161. The SMILES string of the molecule is COC(=O)CCCCCCCCS[C@H]1C[C@@H](O)[C@H](O)[C@@H](CO)O1. The van der Waals surface area contributed by atoms with Gasteiger partial charge in [-0.25, -0.2) is 0 Å². The van der Waals surface area contributed by atoms with Crippen LogP contribution in [-0.2, 0) is 14.3 Å². The second kappa shape index (κ2) is 12.1. The van der Waals surface area contributed by atoms with Gasteiger partial charge < -0.3 is 24.8 Å². The Balaban J connectivity index is 1.97. The van der Waals surface area contributed by atoms with Crippen LogP contribution < -0.4 is 0 Å². The molecule has 136 valence electrons. The molecule has 1 aliphatic heterocycles. The van der Waals surface area contributed by atoms with Crippen molar-refractivity contribution in [3.63, 3.8) is 0 Å². The van der Waals surface area contributed by atoms with Crippen LogP contribution in [0.3, 0.4) is 0 Å². The molecule has 3 N–H and O–H groups in total. The Bertz CT molecular complexity index is 328. The molecule has 1 fully saturated rings. The van der Waals surface area contributed by atoms with Gasteiger partial charge >= 0.3 is 5.97 Å². The van der Waals surface area contributed by atoms with Crippen LogP contribution in [0.25, 0.3) is 0 Å². The van der Waals surface area contributed by atoms with Crippen LogP contribution in [0, 0.1) is 0 Å². The Hall–Kier alpha value is -0.340. The summed E-state index contributed by atoms with van der Waals surface area (Å²) in [5.74, 6) is 0.802. The molecule has 6 nitrogen and oxygen atoms in total. The lowest BCUT2D eigenvalue weighted by Crippen LogP contribution is -2.49. The van der Waals surface area contributed by atoms with E-state index in [1.165, 1.54) is 7.11 Å². The predicted molar refractivity (Wildman–Crippen MR) is 89.2 cm³/mol. The number of esters is 1. The first-order chi connectivity index (χ1) is 11.1. The normalized spacial score (nSPS) is 27.8. The number of ether oxygens (including phenoxy) is 2. The zero-order chi connectivity index (χ0) is 17.1. The predicted octanol–water partition coefficient (Wildman–Crippen LogP) is 1.45. The molecule has 0 bridgehead atoms. The van der Waals surface area contributed by atoms with Crippen LogP contribution in [0.4, 0.5) is 0 Å². The summed E-state index contributed by atoms with van der Waals surface area (Å²) in [6.07, 6.45) is 4.81. The second-order valence-electron chi connectivity index (χ2n) is 5.90. The maximum absolute atomic E-state index is 10.9. The first kappa shape index (κ1) is 20.7. The molecule has 0 amide bonds. The molecule has 0 saturated carbocycles. The van der Waals surface area contributed by atoms with Gasteiger partial charge in [0.2, 0.25) is 0 Å². The number of hydrogen-bond donors (Lipinski definition) is 3. The minimum atomic E-state index is -0.998. The van der Waals surface area contributed by atoms with Crippen LogP contribution in [0.1, 0.15) is 51.4 Å². The first-order valence-corrected chi connectivity index (χ1v) is 9.44. The maximum Gasteiger partial charge on any atom is 0.305 e. The second-order valence-corrected chi connectivity index (χ2v) is 7.17. The molecule has 0 aromatic rings. The molecule has 0 aliphatic carbocycles. The van der Waals surface area contributed by atoms with Crippen molar-refractivity contribution in [2.75, 3.05) is 19.5 Å². The highest BCUT2D eigenvalue weighted by molar-refractivity contribution is 7.99. The summed E-state index contributed by atoms with van der Waals surface area (Å²) >= 11 is 1.63. The minimum Gasteiger partial charge on any atom is -0.469 e. The number of thioether (sulfide) groups is 1. The third-order valence-electron chi connectivity index (χ3n) is 4.02. The van der Waals surface area contributed by atoms with Gasteiger partial charge in [0, 0.05) is 12.8 Å². The van der Waals surface area contributed by atoms with Crippen molar-refractivity contribution >= 4 is 17.7 Å². The van der Waals surface area contributed by atoms with Crippen molar-refractivity contribution < 1.29 is 29.6 Å². The summed E-state index contributed by atoms with van der Waals surface area (Å²) in [6, 6.07) is 0. The van der Waals surface area contributed by atoms with E-state index in [0.717, 1.165) is 44.3 Å². The molecule has 0 aromatic heterocycles. The third kappa shape index (κ3) is 8.35. The molecule has 1 aliphatic rings. The number of aliphatic hydroxyl groups excluding tert-OH is 3. The molecule has 0 unspecified atom stereocenters. The lowest BCUT2D eigenvalue weighted by molar-refractivity contribution is -0.157. The molecule has 1 rings (SSSR count). The van der Waals surface area contributed by atoms with Gasteiger partial charge in [0.15, 0.2) is 0 Å². The van der Waals surface area contributed by atoms with E-state index in [2.05, 4.69) is 4.74 Å². The third-order valence-corrected chi connectivity index (χ3v) is 5.22. The van der Waals surface area contributed by atoms with Crippen molar-refractivity contribution in [1.29, 1.82) is 0 Å². The lowest BCUT2D eigenvalue weighted by Gasteiger charge is -2.36. The molecule has 1 heterocycles. The summed E-state index contributed by atoms with van der Waals surface area (Å²) in [5, 5.41) is 28.5. The van der Waals surface area contributed by atoms with E-state index < -0.39 is 18.3 Å². The molecule has 0 spiro atoms. The zero-order valence-corrected chi connectivity index (χ0v) is 14.7. The number of carbonyl (C=O) groups is 1. The number of hydrogen-bond acceptors (Lipinski definition) is 7. The smallest absolute Gasteiger partial charge is 0.305 e. The zero-order valence-electron chi connectivity index (χ0n) is 13.9. The van der Waals surface area contributed by atoms with Gasteiger partial charge in [0.1, 0.15) is 17.6 Å². The van der Waals surface area contributed by atoms with Gasteiger partial charge in [-0.05, 0) is 18.6 Å². The fourth-order valence-electron chi connectivity index (χ4n) is 2.57. The summed E-state index contributed by atoms with van der Waals surface area (Å²) in [4.78, 5) is 10.9. The Kier molecular flexibility index (Phi) is 10.9. The molecule has 7 heteroatoms. The van der Waals surface area contributed by atoms with Crippen molar-refractivity contribution in [1.82, 2.24) is 0 Å². The Morgan fingerprint density at radius 1 is 1.17 bits per heavy atom. The summed E-state index contributed by atoms with van der Waals surface area (Å²) in [7, 11) is 1.42. The number of methoxy groups -OCH3 is 1. The van der Waals surface area contributed by atoms with Crippen LogP contribution >= 0.6 is 11.8 Å². The van der Waals surface area contributed by atoms with E-state index in [1.807, 2.05) is 0 Å². The van der Waals surface area contributed by atoms with E-state index >= 15 is 0 Å². The fourth-order valence-corrected chi connectivity index (χ4v) is 3.76. The monoisotopic (exact) mass is 350 g/mol. The summed E-state index contributed by atoms with van der Waals surface area (Å²) < 4.78 is 10.2. The van der Waals surface area contributed by atoms with E-state index in [-0.39, 0.29) is 18.0 Å². The van der Waals surface area contributed by atoms with Gasteiger partial charge in [-0.3, -0.25) is 4.79 Å². The van der Waals surface area contributed by atoms with E-state index in [9.17, 15) is 15.0 Å². The van der Waals surface area contributed by atoms with Gasteiger partial charge in [0.05, 0.1) is 19.8 Å². The molecule has 23 heavy (non-hydrogen) atoms. The van der Waals surface area contributed by atoms with Gasteiger partial charge in [-0.15, -0.1) is 11.8 Å². The molecule has 4 atom stereocenters. The Morgan fingerprint density at radius 3 is 2.48 bits per heavy atom. The average Bonchev–Trinajstić information content (AvgIpc) is 2.55. The molecule has 0 aromatic carbocycles. The maximum atomic E-state index is 10.9. The van der Waals surface area contributed by atoms with Gasteiger partial charge in [-0.2, -0.15) is 0 Å². The van der Waals surface area contributed by atoms with Crippen LogP contribution in [0.2, 0.25) is 0 Å². The van der Waals surface area contributed by atoms with E-state index in [4.69, 9.17) is 9.84 Å². The van der Waals surface area contributed by atoms with Crippen molar-refractivity contribution in [3.05, 3.63) is 0 Å². The molecular formula is C16H30O6S.